The second-order valence-electron chi connectivity index (χ2n) is 4.60. The molecule has 0 saturated heterocycles. The fourth-order valence-corrected chi connectivity index (χ4v) is 3.44. The summed E-state index contributed by atoms with van der Waals surface area (Å²) < 4.78 is 24.3. The van der Waals surface area contributed by atoms with E-state index in [2.05, 4.69) is 0 Å². The Morgan fingerprint density at radius 2 is 1.65 bits per heavy atom. The first kappa shape index (κ1) is 14.8. The van der Waals surface area contributed by atoms with Crippen LogP contribution in [0.4, 0.5) is 0 Å². The van der Waals surface area contributed by atoms with E-state index in [1.807, 2.05) is 42.5 Å². The van der Waals surface area contributed by atoms with Crippen molar-refractivity contribution in [2.45, 2.75) is 12.7 Å². The smallest absolute Gasteiger partial charge is 0.176 e. The molecule has 4 heteroatoms. The van der Waals surface area contributed by atoms with Crippen LogP contribution in [0.25, 0.3) is 5.57 Å². The van der Waals surface area contributed by atoms with Gasteiger partial charge in [-0.05, 0) is 35.8 Å². The van der Waals surface area contributed by atoms with Gasteiger partial charge in [-0.1, -0.05) is 54.1 Å². The largest absolute Gasteiger partial charge is 0.224 e. The Balaban J connectivity index is 2.22. The molecule has 0 fully saturated rings. The van der Waals surface area contributed by atoms with E-state index in [0.717, 1.165) is 11.1 Å². The van der Waals surface area contributed by atoms with Crippen molar-refractivity contribution in [1.82, 2.24) is 0 Å². The van der Waals surface area contributed by atoms with Gasteiger partial charge in [-0.15, -0.1) is 0 Å². The van der Waals surface area contributed by atoms with Crippen molar-refractivity contribution in [2.24, 2.45) is 0 Å². The number of sulfone groups is 1. The van der Waals surface area contributed by atoms with Crippen LogP contribution in [0.1, 0.15) is 18.1 Å². The van der Waals surface area contributed by atoms with Crippen LogP contribution >= 0.6 is 11.6 Å². The third-order valence-electron chi connectivity index (χ3n) is 2.87. The number of hydrogen-bond acceptors (Lipinski definition) is 2. The predicted molar refractivity (Wildman–Crippen MR) is 84.2 cm³/mol. The fourth-order valence-electron chi connectivity index (χ4n) is 1.90. The van der Waals surface area contributed by atoms with Crippen LogP contribution in [-0.4, -0.2) is 8.42 Å². The van der Waals surface area contributed by atoms with Crippen molar-refractivity contribution in [3.8, 4) is 0 Å². The van der Waals surface area contributed by atoms with Crippen molar-refractivity contribution < 1.29 is 8.42 Å². The Kier molecular flexibility index (Phi) is 4.63. The lowest BCUT2D eigenvalue weighted by Crippen LogP contribution is -2.00. The molecule has 0 atom stereocenters. The number of allylic oxidation sites excluding steroid dienone is 1. The Morgan fingerprint density at radius 3 is 2.25 bits per heavy atom. The molecule has 0 heterocycles. The lowest BCUT2D eigenvalue weighted by atomic mass is 10.1. The Bertz CT molecular complexity index is 702. The summed E-state index contributed by atoms with van der Waals surface area (Å²) in [6.45, 7) is 1.78. The third-order valence-corrected chi connectivity index (χ3v) is 4.57. The minimum Gasteiger partial charge on any atom is -0.224 e. The number of hydrogen-bond donors (Lipinski definition) is 0. The van der Waals surface area contributed by atoms with Gasteiger partial charge in [0.05, 0.1) is 5.75 Å². The molecular weight excluding hydrogens is 292 g/mol. The molecule has 0 aromatic heterocycles. The fraction of sp³-hybridized carbons (Fsp3) is 0.125. The van der Waals surface area contributed by atoms with Crippen molar-refractivity contribution >= 4 is 27.0 Å². The number of rotatable bonds is 4. The maximum absolute atomic E-state index is 12.1. The Morgan fingerprint density at radius 1 is 1.05 bits per heavy atom. The molecule has 0 saturated carbocycles. The van der Waals surface area contributed by atoms with E-state index in [-0.39, 0.29) is 5.75 Å². The minimum atomic E-state index is -3.29. The highest BCUT2D eigenvalue weighted by Gasteiger charge is 2.09. The van der Waals surface area contributed by atoms with Gasteiger partial charge in [0, 0.05) is 10.4 Å². The molecule has 0 N–H and O–H groups in total. The van der Waals surface area contributed by atoms with Gasteiger partial charge in [-0.25, -0.2) is 8.42 Å². The molecule has 2 nitrogen and oxygen atoms in total. The predicted octanol–water partition coefficient (Wildman–Crippen LogP) is 4.32. The van der Waals surface area contributed by atoms with Crippen molar-refractivity contribution in [3.63, 3.8) is 0 Å². The summed E-state index contributed by atoms with van der Waals surface area (Å²) in [7, 11) is -3.29. The first-order valence-electron chi connectivity index (χ1n) is 6.17. The highest BCUT2D eigenvalue weighted by atomic mass is 35.5. The Hall–Kier alpha value is -1.58. The summed E-state index contributed by atoms with van der Waals surface area (Å²) >= 11 is 5.82. The van der Waals surface area contributed by atoms with Crippen LogP contribution in [0, 0.1) is 0 Å². The van der Waals surface area contributed by atoms with Gasteiger partial charge < -0.3 is 0 Å². The summed E-state index contributed by atoms with van der Waals surface area (Å²) in [6, 6.07) is 16.3. The monoisotopic (exact) mass is 306 g/mol. The van der Waals surface area contributed by atoms with E-state index in [1.165, 1.54) is 5.41 Å². The molecule has 20 heavy (non-hydrogen) atoms. The normalized spacial score (nSPS) is 12.4. The highest BCUT2D eigenvalue weighted by Crippen LogP contribution is 2.19. The molecular formula is C16H15ClO2S. The third kappa shape index (κ3) is 4.22. The molecule has 2 rings (SSSR count). The lowest BCUT2D eigenvalue weighted by molar-refractivity contribution is 0.604. The average Bonchev–Trinajstić information content (AvgIpc) is 2.39. The Labute approximate surface area is 124 Å². The lowest BCUT2D eigenvalue weighted by Gasteiger charge is -2.04. The van der Waals surface area contributed by atoms with Gasteiger partial charge in [0.25, 0.3) is 0 Å². The van der Waals surface area contributed by atoms with Gasteiger partial charge in [0.15, 0.2) is 9.84 Å². The van der Waals surface area contributed by atoms with Crippen LogP contribution in [0.5, 0.6) is 0 Å². The maximum atomic E-state index is 12.1. The molecule has 0 aliphatic carbocycles. The van der Waals surface area contributed by atoms with Gasteiger partial charge in [0.1, 0.15) is 0 Å². The zero-order valence-corrected chi connectivity index (χ0v) is 12.7. The summed E-state index contributed by atoms with van der Waals surface area (Å²) in [5.74, 6) is 0.0127. The topological polar surface area (TPSA) is 34.1 Å². The van der Waals surface area contributed by atoms with Gasteiger partial charge in [-0.3, -0.25) is 0 Å². The summed E-state index contributed by atoms with van der Waals surface area (Å²) in [5.41, 5.74) is 2.34. The molecule has 0 amide bonds. The maximum Gasteiger partial charge on any atom is 0.176 e. The quantitative estimate of drug-likeness (QED) is 0.843. The molecule has 0 aliphatic heterocycles. The summed E-state index contributed by atoms with van der Waals surface area (Å²) in [5, 5.41) is 1.96. The van der Waals surface area contributed by atoms with Gasteiger partial charge in [0.2, 0.25) is 0 Å². The molecule has 2 aromatic carbocycles. The molecule has 104 valence electrons. The van der Waals surface area contributed by atoms with Crippen LogP contribution in [0.2, 0.25) is 5.02 Å². The standard InChI is InChI=1S/C16H15ClO2S/c1-13(15-7-9-16(17)10-8-15)11-20(18,19)12-14-5-3-2-4-6-14/h2-11H,12H2,1H3/b13-11+. The van der Waals surface area contributed by atoms with E-state index in [0.29, 0.717) is 10.6 Å². The molecule has 0 unspecified atom stereocenters. The van der Waals surface area contributed by atoms with E-state index < -0.39 is 9.84 Å². The van der Waals surface area contributed by atoms with Crippen molar-refractivity contribution in [2.75, 3.05) is 0 Å². The molecule has 0 spiro atoms. The van der Waals surface area contributed by atoms with Gasteiger partial charge in [-0.2, -0.15) is 0 Å². The zero-order valence-electron chi connectivity index (χ0n) is 11.1. The van der Waals surface area contributed by atoms with Gasteiger partial charge >= 0.3 is 0 Å². The highest BCUT2D eigenvalue weighted by molar-refractivity contribution is 7.93. The van der Waals surface area contributed by atoms with E-state index >= 15 is 0 Å². The molecule has 0 radical (unpaired) electrons. The van der Waals surface area contributed by atoms with Crippen LogP contribution in [0.15, 0.2) is 60.0 Å². The van der Waals surface area contributed by atoms with Crippen LogP contribution in [-0.2, 0) is 15.6 Å². The average molecular weight is 307 g/mol. The first-order chi connectivity index (χ1) is 9.46. The van der Waals surface area contributed by atoms with Crippen molar-refractivity contribution in [1.29, 1.82) is 0 Å². The summed E-state index contributed by atoms with van der Waals surface area (Å²) in [4.78, 5) is 0. The number of halogens is 1. The van der Waals surface area contributed by atoms with E-state index in [4.69, 9.17) is 11.6 Å². The molecule has 0 aliphatic rings. The van der Waals surface area contributed by atoms with E-state index in [9.17, 15) is 8.42 Å². The van der Waals surface area contributed by atoms with E-state index in [1.54, 1.807) is 19.1 Å². The SMILES string of the molecule is C/C(=C\S(=O)(=O)Cc1ccccc1)c1ccc(Cl)cc1. The number of benzene rings is 2. The summed E-state index contributed by atoms with van der Waals surface area (Å²) in [6.07, 6.45) is 0. The van der Waals surface area contributed by atoms with Crippen LogP contribution in [0.3, 0.4) is 0 Å². The molecule has 2 aromatic rings. The minimum absolute atomic E-state index is 0.0127. The van der Waals surface area contributed by atoms with Crippen LogP contribution < -0.4 is 0 Å². The molecule has 0 bridgehead atoms. The zero-order chi connectivity index (χ0) is 14.6. The second kappa shape index (κ2) is 6.25. The first-order valence-corrected chi connectivity index (χ1v) is 8.26. The van der Waals surface area contributed by atoms with Crippen molar-refractivity contribution in [3.05, 3.63) is 76.2 Å². The second-order valence-corrected chi connectivity index (χ2v) is 6.89.